The van der Waals surface area contributed by atoms with Crippen molar-refractivity contribution >= 4 is 28.7 Å². The van der Waals surface area contributed by atoms with Crippen molar-refractivity contribution in [1.82, 2.24) is 9.78 Å². The number of aliphatic imine (C=N–C) groups is 1. The Hall–Kier alpha value is -2.92. The van der Waals surface area contributed by atoms with Crippen LogP contribution in [-0.4, -0.2) is 50.9 Å². The second-order valence-electron chi connectivity index (χ2n) is 9.48. The highest BCUT2D eigenvalue weighted by molar-refractivity contribution is 6.02. The van der Waals surface area contributed by atoms with Crippen molar-refractivity contribution in [2.24, 2.45) is 16.6 Å². The number of primary amides is 1. The maximum absolute atomic E-state index is 13.9. The topological polar surface area (TPSA) is 117 Å². The number of alkyl halides is 3. The zero-order valence-electron chi connectivity index (χ0n) is 19.0. The number of hydrogen-bond acceptors (Lipinski definition) is 6. The molecular formula is C23H28F3N5O3. The fourth-order valence-corrected chi connectivity index (χ4v) is 4.71. The van der Waals surface area contributed by atoms with Crippen molar-refractivity contribution in [2.45, 2.75) is 63.4 Å². The highest BCUT2D eigenvalue weighted by Gasteiger charge is 2.45. The van der Waals surface area contributed by atoms with Crippen LogP contribution >= 0.6 is 0 Å². The SMILES string of the molecule is CC(C)(O)c1cc2nn(C3CCC(CO)CC3)cc2cc1N1C(C(F)(F)F)=CN=CC1C(N)=O. The molecule has 1 atom stereocenters. The second kappa shape index (κ2) is 8.70. The Morgan fingerprint density at radius 3 is 2.44 bits per heavy atom. The van der Waals surface area contributed by atoms with Gasteiger partial charge in [0, 0.05) is 35.7 Å². The molecule has 0 saturated heterocycles. The number of aromatic nitrogens is 2. The van der Waals surface area contributed by atoms with Crippen molar-refractivity contribution in [3.05, 3.63) is 35.8 Å². The molecule has 4 N–H and O–H groups in total. The Labute approximate surface area is 194 Å². The smallest absolute Gasteiger partial charge is 0.396 e. The van der Waals surface area contributed by atoms with Crippen molar-refractivity contribution in [1.29, 1.82) is 0 Å². The maximum Gasteiger partial charge on any atom is 0.433 e. The number of amides is 1. The van der Waals surface area contributed by atoms with Crippen LogP contribution in [0.3, 0.4) is 0 Å². The molecule has 1 unspecified atom stereocenters. The molecule has 2 aromatic rings. The van der Waals surface area contributed by atoms with Crippen LogP contribution in [0.4, 0.5) is 18.9 Å². The minimum atomic E-state index is -4.81. The van der Waals surface area contributed by atoms with E-state index in [9.17, 15) is 28.2 Å². The molecule has 0 spiro atoms. The summed E-state index contributed by atoms with van der Waals surface area (Å²) in [7, 11) is 0. The molecule has 1 aromatic heterocycles. The Balaban J connectivity index is 1.84. The highest BCUT2D eigenvalue weighted by atomic mass is 19.4. The van der Waals surface area contributed by atoms with Crippen molar-refractivity contribution in [3.8, 4) is 0 Å². The number of anilines is 1. The van der Waals surface area contributed by atoms with Gasteiger partial charge in [0.05, 0.1) is 23.4 Å². The Morgan fingerprint density at radius 2 is 1.88 bits per heavy atom. The first-order valence-corrected chi connectivity index (χ1v) is 11.2. The van der Waals surface area contributed by atoms with Gasteiger partial charge in [0.15, 0.2) is 0 Å². The summed E-state index contributed by atoms with van der Waals surface area (Å²) in [6, 6.07) is 1.68. The van der Waals surface area contributed by atoms with Crippen LogP contribution < -0.4 is 10.6 Å². The van der Waals surface area contributed by atoms with Gasteiger partial charge in [-0.15, -0.1) is 0 Å². The number of rotatable bonds is 5. The first-order chi connectivity index (χ1) is 15.9. The van der Waals surface area contributed by atoms with Gasteiger partial charge in [-0.2, -0.15) is 18.3 Å². The molecule has 1 saturated carbocycles. The number of nitrogens with zero attached hydrogens (tertiary/aromatic N) is 4. The monoisotopic (exact) mass is 479 g/mol. The van der Waals surface area contributed by atoms with E-state index in [1.807, 2.05) is 0 Å². The van der Waals surface area contributed by atoms with E-state index in [1.165, 1.54) is 19.9 Å². The Bertz CT molecular complexity index is 1140. The molecule has 0 bridgehead atoms. The van der Waals surface area contributed by atoms with Gasteiger partial charge < -0.3 is 20.8 Å². The van der Waals surface area contributed by atoms with Gasteiger partial charge in [0.25, 0.3) is 0 Å². The van der Waals surface area contributed by atoms with E-state index < -0.39 is 29.4 Å². The predicted molar refractivity (Wildman–Crippen MR) is 121 cm³/mol. The predicted octanol–water partition coefficient (Wildman–Crippen LogP) is 3.14. The molecule has 2 heterocycles. The number of aliphatic hydroxyl groups excluding tert-OH is 1. The molecule has 184 valence electrons. The summed E-state index contributed by atoms with van der Waals surface area (Å²) in [4.78, 5) is 16.5. The van der Waals surface area contributed by atoms with Crippen molar-refractivity contribution < 1.29 is 28.2 Å². The summed E-state index contributed by atoms with van der Waals surface area (Å²) in [5, 5.41) is 25.4. The van der Waals surface area contributed by atoms with Crippen LogP contribution in [0.25, 0.3) is 10.9 Å². The number of hydrogen-bond donors (Lipinski definition) is 3. The maximum atomic E-state index is 13.9. The Morgan fingerprint density at radius 1 is 1.21 bits per heavy atom. The van der Waals surface area contributed by atoms with Gasteiger partial charge in [-0.1, -0.05) is 0 Å². The van der Waals surface area contributed by atoms with Gasteiger partial charge in [-0.3, -0.25) is 14.5 Å². The molecule has 2 aliphatic rings. The summed E-state index contributed by atoms with van der Waals surface area (Å²) in [5.41, 5.74) is 3.43. The molecule has 34 heavy (non-hydrogen) atoms. The number of carbonyl (C=O) groups excluding carboxylic acids is 1. The highest BCUT2D eigenvalue weighted by Crippen LogP contribution is 2.42. The van der Waals surface area contributed by atoms with Crippen LogP contribution in [0.1, 0.15) is 51.1 Å². The largest absolute Gasteiger partial charge is 0.433 e. The first kappa shape index (κ1) is 24.2. The van der Waals surface area contributed by atoms with Crippen LogP contribution in [-0.2, 0) is 10.4 Å². The lowest BCUT2D eigenvalue weighted by atomic mass is 9.87. The van der Waals surface area contributed by atoms with Crippen molar-refractivity contribution in [2.75, 3.05) is 11.5 Å². The summed E-state index contributed by atoms with van der Waals surface area (Å²) in [6.45, 7) is 3.07. The summed E-state index contributed by atoms with van der Waals surface area (Å²) in [6.07, 6.45) is 2.04. The average Bonchev–Trinajstić information content (AvgIpc) is 3.19. The quantitative estimate of drug-likeness (QED) is 0.609. The second-order valence-corrected chi connectivity index (χ2v) is 9.48. The summed E-state index contributed by atoms with van der Waals surface area (Å²) in [5.74, 6) is -0.731. The normalized spacial score (nSPS) is 23.9. The molecule has 1 amide bonds. The van der Waals surface area contributed by atoms with Crippen molar-refractivity contribution in [3.63, 3.8) is 0 Å². The third-order valence-corrected chi connectivity index (χ3v) is 6.55. The van der Waals surface area contributed by atoms with E-state index in [2.05, 4.69) is 10.1 Å². The number of carbonyl (C=O) groups is 1. The fourth-order valence-electron chi connectivity index (χ4n) is 4.71. The third-order valence-electron chi connectivity index (χ3n) is 6.55. The molecule has 1 aliphatic carbocycles. The number of benzene rings is 1. The van der Waals surface area contributed by atoms with Gasteiger partial charge in [0.1, 0.15) is 11.7 Å². The van der Waals surface area contributed by atoms with E-state index in [0.29, 0.717) is 17.1 Å². The van der Waals surface area contributed by atoms with Crippen LogP contribution in [0, 0.1) is 5.92 Å². The first-order valence-electron chi connectivity index (χ1n) is 11.2. The average molecular weight is 480 g/mol. The van der Waals surface area contributed by atoms with Gasteiger partial charge in [-0.05, 0) is 57.6 Å². The molecule has 1 aromatic carbocycles. The lowest BCUT2D eigenvalue weighted by molar-refractivity contribution is -0.118. The van der Waals surface area contributed by atoms with Crippen LogP contribution in [0.15, 0.2) is 35.2 Å². The molecule has 0 radical (unpaired) electrons. The minimum absolute atomic E-state index is 0.00191. The summed E-state index contributed by atoms with van der Waals surface area (Å²) >= 11 is 0. The van der Waals surface area contributed by atoms with E-state index in [-0.39, 0.29) is 29.8 Å². The zero-order chi connectivity index (χ0) is 24.8. The van der Waals surface area contributed by atoms with E-state index in [4.69, 9.17) is 5.73 Å². The third kappa shape index (κ3) is 4.54. The van der Waals surface area contributed by atoms with Gasteiger partial charge in [-0.25, -0.2) is 0 Å². The van der Waals surface area contributed by atoms with Gasteiger partial charge >= 0.3 is 6.18 Å². The summed E-state index contributed by atoms with van der Waals surface area (Å²) < 4.78 is 43.6. The van der Waals surface area contributed by atoms with E-state index >= 15 is 0 Å². The molecule has 1 aliphatic heterocycles. The lowest BCUT2D eigenvalue weighted by Gasteiger charge is -2.37. The van der Waals surface area contributed by atoms with Crippen LogP contribution in [0.5, 0.6) is 0 Å². The standard InChI is InChI=1S/C23H28F3N5O3/c1-22(2,34)16-8-17-14(11-30(29-17)15-5-3-13(12-32)4-6-15)7-18(16)31-19(21(27)33)9-28-10-20(31)23(24,25)26/h7-11,13,15,19,32,34H,3-6,12H2,1-2H3,(H2,27,33). The lowest BCUT2D eigenvalue weighted by Crippen LogP contribution is -2.50. The zero-order valence-corrected chi connectivity index (χ0v) is 19.0. The molecule has 1 fully saturated rings. The number of halogens is 3. The Kier molecular flexibility index (Phi) is 6.19. The minimum Gasteiger partial charge on any atom is -0.396 e. The number of allylic oxidation sites excluding steroid dienone is 1. The molecular weight excluding hydrogens is 451 g/mol. The van der Waals surface area contributed by atoms with E-state index in [0.717, 1.165) is 36.8 Å². The van der Waals surface area contributed by atoms with E-state index in [1.54, 1.807) is 16.9 Å². The number of aliphatic hydroxyl groups is 2. The molecule has 8 nitrogen and oxygen atoms in total. The fraction of sp³-hybridized carbons (Fsp3) is 0.522. The molecule has 11 heteroatoms. The molecule has 4 rings (SSSR count). The number of nitrogens with two attached hydrogens (primary N) is 1. The van der Waals surface area contributed by atoms with Gasteiger partial charge in [0.2, 0.25) is 5.91 Å². The number of fused-ring (bicyclic) bond motifs is 1. The van der Waals surface area contributed by atoms with Crippen LogP contribution in [0.2, 0.25) is 0 Å².